The molecule has 124 valence electrons. The van der Waals surface area contributed by atoms with Gasteiger partial charge in [-0.25, -0.2) is 0 Å². The van der Waals surface area contributed by atoms with Gasteiger partial charge in [-0.15, -0.1) is 0 Å². The molecule has 0 fully saturated rings. The second kappa shape index (κ2) is 8.07. The second-order valence-corrected chi connectivity index (χ2v) is 5.58. The van der Waals surface area contributed by atoms with Crippen LogP contribution in [0.5, 0.6) is 0 Å². The molecule has 0 unspecified atom stereocenters. The summed E-state index contributed by atoms with van der Waals surface area (Å²) < 4.78 is 0. The fraction of sp³-hybridized carbons (Fsp3) is 0.118. The largest absolute Gasteiger partial charge is 0.331 e. The number of rotatable bonds is 2. The van der Waals surface area contributed by atoms with E-state index in [0.717, 1.165) is 16.8 Å². The van der Waals surface area contributed by atoms with Crippen molar-refractivity contribution in [2.24, 2.45) is 0 Å². The molecule has 0 atom stereocenters. The van der Waals surface area contributed by atoms with Crippen LogP contribution in [0.25, 0.3) is 0 Å². The van der Waals surface area contributed by atoms with Crippen molar-refractivity contribution in [3.05, 3.63) is 59.7 Å². The minimum absolute atomic E-state index is 0.181. The van der Waals surface area contributed by atoms with Crippen LogP contribution < -0.4 is 21.5 Å². The van der Waals surface area contributed by atoms with Gasteiger partial charge in [-0.3, -0.25) is 20.4 Å². The predicted octanol–water partition coefficient (Wildman–Crippen LogP) is 2.26. The zero-order valence-corrected chi connectivity index (χ0v) is 14.2. The third-order valence-electron chi connectivity index (χ3n) is 3.20. The molecule has 0 aliphatic rings. The van der Waals surface area contributed by atoms with E-state index in [9.17, 15) is 9.59 Å². The van der Waals surface area contributed by atoms with Crippen molar-refractivity contribution < 1.29 is 9.59 Å². The molecule has 2 amide bonds. The van der Waals surface area contributed by atoms with Crippen LogP contribution in [0.2, 0.25) is 0 Å². The molecule has 0 radical (unpaired) electrons. The van der Waals surface area contributed by atoms with Gasteiger partial charge >= 0.3 is 11.8 Å². The Kier molecular flexibility index (Phi) is 5.86. The van der Waals surface area contributed by atoms with E-state index in [1.54, 1.807) is 12.1 Å². The van der Waals surface area contributed by atoms with E-state index in [1.807, 2.05) is 50.2 Å². The zero-order valence-electron chi connectivity index (χ0n) is 13.3. The number of aryl methyl sites for hydroxylation is 2. The molecule has 0 aliphatic carbocycles. The van der Waals surface area contributed by atoms with Gasteiger partial charge in [0.25, 0.3) is 0 Å². The van der Waals surface area contributed by atoms with E-state index >= 15 is 0 Å². The van der Waals surface area contributed by atoms with Crippen LogP contribution in [-0.4, -0.2) is 16.9 Å². The monoisotopic (exact) mass is 342 g/mol. The van der Waals surface area contributed by atoms with Crippen molar-refractivity contribution in [3.63, 3.8) is 0 Å². The Labute approximate surface area is 145 Å². The highest BCUT2D eigenvalue weighted by Gasteiger charge is 2.13. The first-order valence-corrected chi connectivity index (χ1v) is 7.67. The summed E-state index contributed by atoms with van der Waals surface area (Å²) in [5, 5.41) is 5.61. The third kappa shape index (κ3) is 5.06. The van der Waals surface area contributed by atoms with E-state index in [2.05, 4.69) is 21.5 Å². The summed E-state index contributed by atoms with van der Waals surface area (Å²) in [4.78, 5) is 23.6. The summed E-state index contributed by atoms with van der Waals surface area (Å²) >= 11 is 5.08. The molecule has 0 spiro atoms. The van der Waals surface area contributed by atoms with Crippen molar-refractivity contribution in [3.8, 4) is 0 Å². The van der Waals surface area contributed by atoms with Gasteiger partial charge < -0.3 is 10.6 Å². The lowest BCUT2D eigenvalue weighted by Crippen LogP contribution is -2.48. The van der Waals surface area contributed by atoms with Crippen LogP contribution in [0.3, 0.4) is 0 Å². The van der Waals surface area contributed by atoms with E-state index < -0.39 is 11.8 Å². The Hall–Kier alpha value is -2.93. The van der Waals surface area contributed by atoms with Crippen LogP contribution in [0, 0.1) is 13.8 Å². The highest BCUT2D eigenvalue weighted by molar-refractivity contribution is 7.80. The van der Waals surface area contributed by atoms with Gasteiger partial charge in [0.2, 0.25) is 0 Å². The molecule has 0 saturated heterocycles. The molecule has 2 aromatic rings. The summed E-state index contributed by atoms with van der Waals surface area (Å²) in [6, 6.07) is 14.7. The number of carbonyl (C=O) groups is 2. The van der Waals surface area contributed by atoms with E-state index in [0.29, 0.717) is 5.69 Å². The van der Waals surface area contributed by atoms with Crippen LogP contribution >= 0.6 is 12.2 Å². The maximum Gasteiger partial charge on any atom is 0.328 e. The highest BCUT2D eigenvalue weighted by atomic mass is 32.1. The Balaban J connectivity index is 1.81. The van der Waals surface area contributed by atoms with Gasteiger partial charge in [-0.1, -0.05) is 35.9 Å². The van der Waals surface area contributed by atoms with Gasteiger partial charge in [0.15, 0.2) is 5.11 Å². The van der Waals surface area contributed by atoms with Crippen LogP contribution in [0.4, 0.5) is 11.4 Å². The lowest BCUT2D eigenvalue weighted by atomic mass is 10.2. The molecule has 0 saturated carbocycles. The smallest absolute Gasteiger partial charge is 0.328 e. The molecule has 0 bridgehead atoms. The molecule has 0 heterocycles. The minimum atomic E-state index is -0.843. The van der Waals surface area contributed by atoms with Gasteiger partial charge in [-0.05, 0) is 49.8 Å². The predicted molar refractivity (Wildman–Crippen MR) is 98.5 cm³/mol. The molecule has 0 aliphatic heterocycles. The van der Waals surface area contributed by atoms with Gasteiger partial charge in [0, 0.05) is 11.4 Å². The number of nitrogens with one attached hydrogen (secondary N) is 4. The maximum atomic E-state index is 11.8. The molecule has 2 rings (SSSR count). The lowest BCUT2D eigenvalue weighted by Gasteiger charge is -2.13. The van der Waals surface area contributed by atoms with E-state index in [-0.39, 0.29) is 5.11 Å². The molecule has 2 aromatic carbocycles. The molecule has 24 heavy (non-hydrogen) atoms. The van der Waals surface area contributed by atoms with Crippen molar-refractivity contribution in [1.29, 1.82) is 0 Å². The Morgan fingerprint density at radius 2 is 1.50 bits per heavy atom. The number of amides is 2. The number of benzene rings is 2. The third-order valence-corrected chi connectivity index (χ3v) is 3.40. The highest BCUT2D eigenvalue weighted by Crippen LogP contribution is 2.12. The molecular weight excluding hydrogens is 324 g/mol. The molecule has 6 nitrogen and oxygen atoms in total. The Morgan fingerprint density at radius 1 is 0.833 bits per heavy atom. The number of carbonyl (C=O) groups excluding carboxylic acids is 2. The fourth-order valence-electron chi connectivity index (χ4n) is 1.86. The number of hydrazine groups is 1. The number of hydrogen-bond donors (Lipinski definition) is 4. The number of thiocarbonyl (C=S) groups is 1. The van der Waals surface area contributed by atoms with Crippen molar-refractivity contribution >= 4 is 40.5 Å². The summed E-state index contributed by atoms with van der Waals surface area (Å²) in [6.07, 6.45) is 0. The number of hydrogen-bond acceptors (Lipinski definition) is 3. The standard InChI is InChI=1S/C17H18N4O2S/c1-11-7-9-13(10-8-11)18-15(22)16(23)20-21-17(24)19-14-6-4-3-5-12(14)2/h3-10H,1-2H3,(H,18,22)(H,20,23)(H2,19,21,24). The first-order chi connectivity index (χ1) is 11.5. The Morgan fingerprint density at radius 3 is 2.17 bits per heavy atom. The lowest BCUT2D eigenvalue weighted by molar-refractivity contribution is -0.136. The Bertz CT molecular complexity index is 759. The normalized spacial score (nSPS) is 9.75. The molecule has 7 heteroatoms. The van der Waals surface area contributed by atoms with Gasteiger partial charge in [-0.2, -0.15) is 0 Å². The summed E-state index contributed by atoms with van der Waals surface area (Å²) in [7, 11) is 0. The topological polar surface area (TPSA) is 82.3 Å². The quantitative estimate of drug-likeness (QED) is 0.382. The van der Waals surface area contributed by atoms with Crippen molar-refractivity contribution in [1.82, 2.24) is 10.9 Å². The number of para-hydroxylation sites is 1. The van der Waals surface area contributed by atoms with Crippen LogP contribution in [0.1, 0.15) is 11.1 Å². The molecular formula is C17H18N4O2S. The minimum Gasteiger partial charge on any atom is -0.331 e. The second-order valence-electron chi connectivity index (χ2n) is 5.17. The van der Waals surface area contributed by atoms with E-state index in [4.69, 9.17) is 12.2 Å². The number of anilines is 2. The average molecular weight is 342 g/mol. The first kappa shape index (κ1) is 17.4. The molecule has 0 aromatic heterocycles. The van der Waals surface area contributed by atoms with Gasteiger partial charge in [0.05, 0.1) is 0 Å². The summed E-state index contributed by atoms with van der Waals surface area (Å²) in [6.45, 7) is 3.86. The maximum absolute atomic E-state index is 11.8. The summed E-state index contributed by atoms with van der Waals surface area (Å²) in [5.41, 5.74) is 8.17. The fourth-order valence-corrected chi connectivity index (χ4v) is 2.02. The zero-order chi connectivity index (χ0) is 17.5. The SMILES string of the molecule is Cc1ccc(NC(=O)C(=O)NNC(=S)Nc2ccccc2C)cc1. The van der Waals surface area contributed by atoms with Crippen molar-refractivity contribution in [2.75, 3.05) is 10.6 Å². The van der Waals surface area contributed by atoms with E-state index in [1.165, 1.54) is 0 Å². The van der Waals surface area contributed by atoms with Crippen LogP contribution in [0.15, 0.2) is 48.5 Å². The summed E-state index contributed by atoms with van der Waals surface area (Å²) in [5.74, 6) is -1.63. The first-order valence-electron chi connectivity index (χ1n) is 7.26. The molecule has 4 N–H and O–H groups in total. The van der Waals surface area contributed by atoms with Crippen LogP contribution in [-0.2, 0) is 9.59 Å². The average Bonchev–Trinajstić information content (AvgIpc) is 2.57. The van der Waals surface area contributed by atoms with Crippen molar-refractivity contribution in [2.45, 2.75) is 13.8 Å². The van der Waals surface area contributed by atoms with Gasteiger partial charge in [0.1, 0.15) is 0 Å².